The van der Waals surface area contributed by atoms with Crippen LogP contribution in [0.5, 0.6) is 0 Å². The molecular weight excluding hydrogens is 193 g/mol. The van der Waals surface area contributed by atoms with Crippen molar-refractivity contribution in [3.05, 3.63) is 23.8 Å². The van der Waals surface area contributed by atoms with Crippen LogP contribution in [0.3, 0.4) is 0 Å². The summed E-state index contributed by atoms with van der Waals surface area (Å²) in [5.74, 6) is -0.453. The predicted molar refractivity (Wildman–Crippen MR) is 63.6 cm³/mol. The maximum absolute atomic E-state index is 12.4. The number of amidine groups is 1. The molecule has 0 saturated carbocycles. The van der Waals surface area contributed by atoms with Gasteiger partial charge in [0, 0.05) is 6.21 Å². The van der Waals surface area contributed by atoms with Crippen LogP contribution in [0.25, 0.3) is 0 Å². The zero-order chi connectivity index (χ0) is 12.0. The van der Waals surface area contributed by atoms with Gasteiger partial charge in [-0.3, -0.25) is 4.99 Å². The summed E-state index contributed by atoms with van der Waals surface area (Å²) >= 11 is 0. The number of hydrogen-bond donors (Lipinski definition) is 1. The lowest BCUT2D eigenvalue weighted by molar-refractivity contribution is 0.632. The Kier molecular flexibility index (Phi) is 5.52. The summed E-state index contributed by atoms with van der Waals surface area (Å²) in [6, 6.07) is 0. The van der Waals surface area contributed by atoms with E-state index < -0.39 is 5.95 Å². The molecule has 3 nitrogen and oxygen atoms in total. The first-order valence-corrected chi connectivity index (χ1v) is 4.75. The van der Waals surface area contributed by atoms with E-state index in [1.807, 2.05) is 27.7 Å². The van der Waals surface area contributed by atoms with E-state index in [0.29, 0.717) is 11.6 Å². The van der Waals surface area contributed by atoms with E-state index >= 15 is 0 Å². The first kappa shape index (κ1) is 13.5. The Morgan fingerprint density at radius 2 is 1.93 bits per heavy atom. The van der Waals surface area contributed by atoms with Gasteiger partial charge in [-0.25, -0.2) is 4.99 Å². The quantitative estimate of drug-likeness (QED) is 0.434. The summed E-state index contributed by atoms with van der Waals surface area (Å²) in [7, 11) is 0. The minimum Gasteiger partial charge on any atom is -0.382 e. The van der Waals surface area contributed by atoms with Gasteiger partial charge >= 0.3 is 0 Å². The number of rotatable bonds is 4. The average Bonchev–Trinajstić information content (AvgIpc) is 2.01. The van der Waals surface area contributed by atoms with Gasteiger partial charge in [0.15, 0.2) is 5.84 Å². The van der Waals surface area contributed by atoms with E-state index in [9.17, 15) is 4.39 Å². The summed E-state index contributed by atoms with van der Waals surface area (Å²) in [5.41, 5.74) is 6.97. The van der Waals surface area contributed by atoms with E-state index in [2.05, 4.69) is 16.6 Å². The Morgan fingerprint density at radius 3 is 2.27 bits per heavy atom. The molecule has 15 heavy (non-hydrogen) atoms. The highest BCUT2D eigenvalue weighted by Gasteiger charge is 2.03. The molecular formula is C11H18FN3. The molecule has 2 N–H and O–H groups in total. The molecule has 0 aliphatic heterocycles. The highest BCUT2D eigenvalue weighted by molar-refractivity contribution is 5.98. The molecule has 0 amide bonds. The smallest absolute Gasteiger partial charge is 0.207 e. The minimum absolute atomic E-state index is 0.0550. The van der Waals surface area contributed by atoms with Gasteiger partial charge in [-0.15, -0.1) is 0 Å². The van der Waals surface area contributed by atoms with E-state index in [0.717, 1.165) is 5.57 Å². The van der Waals surface area contributed by atoms with Crippen LogP contribution in [-0.4, -0.2) is 12.1 Å². The van der Waals surface area contributed by atoms with Crippen molar-refractivity contribution in [3.63, 3.8) is 0 Å². The zero-order valence-electron chi connectivity index (χ0n) is 9.71. The van der Waals surface area contributed by atoms with E-state index in [1.165, 1.54) is 0 Å². The lowest BCUT2D eigenvalue weighted by Gasteiger charge is -2.04. The standard InChI is InChI=1S/C11H18FN3/c1-7(2)6-14-10(8(3)4)11(13)15-9(5)12/h6-7H,5H2,1-4H3,(H2,13,15). The predicted octanol–water partition coefficient (Wildman–Crippen LogP) is 2.81. The minimum atomic E-state index is -0.814. The maximum Gasteiger partial charge on any atom is 0.207 e. The van der Waals surface area contributed by atoms with Crippen molar-refractivity contribution in [1.82, 2.24) is 0 Å². The van der Waals surface area contributed by atoms with Gasteiger partial charge in [0.25, 0.3) is 0 Å². The Labute approximate surface area is 90.3 Å². The molecule has 0 saturated heterocycles. The molecule has 0 aromatic carbocycles. The third-order valence-corrected chi connectivity index (χ3v) is 1.46. The van der Waals surface area contributed by atoms with Crippen LogP contribution >= 0.6 is 0 Å². The van der Waals surface area contributed by atoms with Crippen LogP contribution in [0.15, 0.2) is 33.8 Å². The summed E-state index contributed by atoms with van der Waals surface area (Å²) < 4.78 is 12.4. The van der Waals surface area contributed by atoms with Gasteiger partial charge in [-0.2, -0.15) is 4.39 Å². The number of nitrogens with zero attached hydrogens (tertiary/aromatic N) is 2. The molecule has 0 atom stereocenters. The molecule has 0 heterocycles. The Balaban J connectivity index is 5.03. The van der Waals surface area contributed by atoms with Gasteiger partial charge in [-0.1, -0.05) is 13.8 Å². The largest absolute Gasteiger partial charge is 0.382 e. The van der Waals surface area contributed by atoms with Crippen molar-refractivity contribution in [3.8, 4) is 0 Å². The van der Waals surface area contributed by atoms with Crippen LogP contribution in [-0.2, 0) is 0 Å². The van der Waals surface area contributed by atoms with Crippen LogP contribution < -0.4 is 5.73 Å². The van der Waals surface area contributed by atoms with Gasteiger partial charge < -0.3 is 5.73 Å². The number of nitrogens with two attached hydrogens (primary N) is 1. The fourth-order valence-corrected chi connectivity index (χ4v) is 0.859. The first-order valence-electron chi connectivity index (χ1n) is 4.75. The highest BCUT2D eigenvalue weighted by Crippen LogP contribution is 2.07. The lowest BCUT2D eigenvalue weighted by atomic mass is 10.2. The van der Waals surface area contributed by atoms with Crippen molar-refractivity contribution in [2.75, 3.05) is 0 Å². The van der Waals surface area contributed by atoms with Crippen LogP contribution in [0.1, 0.15) is 27.7 Å². The fourth-order valence-electron chi connectivity index (χ4n) is 0.859. The fraction of sp³-hybridized carbons (Fsp3) is 0.455. The zero-order valence-corrected chi connectivity index (χ0v) is 9.71. The molecule has 0 aliphatic carbocycles. The second-order valence-electron chi connectivity index (χ2n) is 3.74. The summed E-state index contributed by atoms with van der Waals surface area (Å²) in [6.45, 7) is 10.7. The molecule has 0 aromatic rings. The molecule has 4 heteroatoms. The van der Waals surface area contributed by atoms with Crippen molar-refractivity contribution in [2.45, 2.75) is 27.7 Å². The Bertz CT molecular complexity index is 321. The summed E-state index contributed by atoms with van der Waals surface area (Å²) in [5, 5.41) is 0. The Morgan fingerprint density at radius 1 is 1.40 bits per heavy atom. The van der Waals surface area contributed by atoms with Crippen molar-refractivity contribution >= 4 is 12.1 Å². The number of halogens is 1. The van der Waals surface area contributed by atoms with Gasteiger partial charge in [-0.05, 0) is 31.9 Å². The SMILES string of the molecule is C=C(F)/N=C(/N)C(N=CC(C)C)=C(C)C. The number of hydrogen-bond acceptors (Lipinski definition) is 2. The molecule has 0 aliphatic rings. The lowest BCUT2D eigenvalue weighted by Crippen LogP contribution is -2.15. The average molecular weight is 211 g/mol. The van der Waals surface area contributed by atoms with Crippen molar-refractivity contribution in [2.24, 2.45) is 21.6 Å². The van der Waals surface area contributed by atoms with E-state index in [4.69, 9.17) is 5.73 Å². The molecule has 0 radical (unpaired) electrons. The molecule has 0 aromatic heterocycles. The highest BCUT2D eigenvalue weighted by atomic mass is 19.1. The third-order valence-electron chi connectivity index (χ3n) is 1.46. The normalized spacial score (nSPS) is 12.3. The first-order chi connectivity index (χ1) is 6.84. The molecule has 0 bridgehead atoms. The number of aliphatic imine (C=N–C) groups is 2. The van der Waals surface area contributed by atoms with Crippen LogP contribution in [0.2, 0.25) is 0 Å². The third kappa shape index (κ3) is 5.78. The van der Waals surface area contributed by atoms with Crippen LogP contribution in [0, 0.1) is 5.92 Å². The summed E-state index contributed by atoms with van der Waals surface area (Å²) in [4.78, 5) is 7.61. The maximum atomic E-state index is 12.4. The van der Waals surface area contributed by atoms with E-state index in [1.54, 1.807) is 6.21 Å². The molecule has 0 unspecified atom stereocenters. The van der Waals surface area contributed by atoms with E-state index in [-0.39, 0.29) is 5.84 Å². The van der Waals surface area contributed by atoms with Gasteiger partial charge in [0.05, 0.1) is 0 Å². The van der Waals surface area contributed by atoms with Crippen molar-refractivity contribution in [1.29, 1.82) is 0 Å². The van der Waals surface area contributed by atoms with Crippen molar-refractivity contribution < 1.29 is 4.39 Å². The van der Waals surface area contributed by atoms with Gasteiger partial charge in [0.2, 0.25) is 5.95 Å². The molecule has 0 spiro atoms. The van der Waals surface area contributed by atoms with Gasteiger partial charge in [0.1, 0.15) is 5.70 Å². The second-order valence-corrected chi connectivity index (χ2v) is 3.74. The topological polar surface area (TPSA) is 50.7 Å². The molecule has 0 rings (SSSR count). The Hall–Kier alpha value is -1.45. The molecule has 84 valence electrons. The second kappa shape index (κ2) is 6.11. The monoisotopic (exact) mass is 211 g/mol. The summed E-state index contributed by atoms with van der Waals surface area (Å²) in [6.07, 6.45) is 1.74. The number of allylic oxidation sites excluding steroid dienone is 1. The van der Waals surface area contributed by atoms with Crippen LogP contribution in [0.4, 0.5) is 4.39 Å². The molecule has 0 fully saturated rings.